The summed E-state index contributed by atoms with van der Waals surface area (Å²) in [5, 5.41) is 0.128. The van der Waals surface area contributed by atoms with E-state index in [-0.39, 0.29) is 19.0 Å². The Morgan fingerprint density at radius 1 is 1.14 bits per heavy atom. The first kappa shape index (κ1) is 19.8. The molecule has 0 amide bonds. The molecule has 0 bridgehead atoms. The second-order valence-corrected chi connectivity index (χ2v) is 10.1. The van der Waals surface area contributed by atoms with Crippen LogP contribution in [0.1, 0.15) is 52.7 Å². The van der Waals surface area contributed by atoms with Crippen molar-refractivity contribution < 1.29 is 21.6 Å². The van der Waals surface area contributed by atoms with Gasteiger partial charge in [0, 0.05) is 30.1 Å². The van der Waals surface area contributed by atoms with Crippen LogP contribution in [0, 0.1) is 0 Å². The van der Waals surface area contributed by atoms with Crippen LogP contribution < -0.4 is 0 Å². The molecule has 0 atom stereocenters. The van der Waals surface area contributed by atoms with Crippen LogP contribution in [0.25, 0.3) is 0 Å². The molecular weight excluding hydrogens is 411 g/mol. The Hall–Kier alpha value is -1.52. The third-order valence-electron chi connectivity index (χ3n) is 5.33. The quantitative estimate of drug-likeness (QED) is 0.737. The fraction of sp³-hybridized carbons (Fsp3) is 0.556. The third-order valence-corrected chi connectivity index (χ3v) is 8.51. The van der Waals surface area contributed by atoms with Gasteiger partial charge in [-0.2, -0.15) is 17.5 Å². The summed E-state index contributed by atoms with van der Waals surface area (Å²) in [6.45, 7) is 0.343. The molecule has 152 valence electrons. The van der Waals surface area contributed by atoms with Crippen molar-refractivity contribution in [3.63, 3.8) is 0 Å². The minimum Gasteiger partial charge on any atom is -0.246 e. The number of thiazole rings is 1. The zero-order valence-corrected chi connectivity index (χ0v) is 16.7. The van der Waals surface area contributed by atoms with Gasteiger partial charge in [0.05, 0.1) is 16.3 Å². The first-order valence-electron chi connectivity index (χ1n) is 9.27. The lowest BCUT2D eigenvalue weighted by Crippen LogP contribution is -2.39. The van der Waals surface area contributed by atoms with Gasteiger partial charge in [0.1, 0.15) is 0 Å². The number of halogens is 3. The molecule has 1 fully saturated rings. The maximum Gasteiger partial charge on any atom is 0.419 e. The number of nitrogens with zero attached hydrogens (tertiary/aromatic N) is 3. The molecule has 0 aromatic carbocycles. The summed E-state index contributed by atoms with van der Waals surface area (Å²) >= 11 is 1.71. The largest absolute Gasteiger partial charge is 0.419 e. The van der Waals surface area contributed by atoms with Crippen LogP contribution in [0.5, 0.6) is 0 Å². The fourth-order valence-corrected chi connectivity index (χ4v) is 6.74. The number of sulfonamides is 1. The van der Waals surface area contributed by atoms with E-state index in [1.165, 1.54) is 17.0 Å². The number of aryl methyl sites for hydroxylation is 2. The molecule has 0 saturated carbocycles. The number of hydrogen-bond donors (Lipinski definition) is 0. The van der Waals surface area contributed by atoms with Gasteiger partial charge in [-0.15, -0.1) is 11.3 Å². The van der Waals surface area contributed by atoms with Gasteiger partial charge >= 0.3 is 6.18 Å². The average Bonchev–Trinajstić information content (AvgIpc) is 3.12. The van der Waals surface area contributed by atoms with Gasteiger partial charge in [-0.3, -0.25) is 0 Å². The zero-order valence-electron chi connectivity index (χ0n) is 15.1. The number of fused-ring (bicyclic) bond motifs is 1. The molecule has 1 aliphatic carbocycles. The Morgan fingerprint density at radius 3 is 2.54 bits per heavy atom. The van der Waals surface area contributed by atoms with Crippen molar-refractivity contribution in [2.45, 2.75) is 55.6 Å². The smallest absolute Gasteiger partial charge is 0.246 e. The molecular formula is C18H20F3N3O2S2. The number of alkyl halides is 3. The summed E-state index contributed by atoms with van der Waals surface area (Å²) in [5.74, 6) is 0.160. The summed E-state index contributed by atoms with van der Waals surface area (Å²) in [6, 6.07) is 1.85. The van der Waals surface area contributed by atoms with Crippen LogP contribution >= 0.6 is 11.3 Å². The van der Waals surface area contributed by atoms with E-state index < -0.39 is 26.8 Å². The minimum absolute atomic E-state index is 0.160. The maximum absolute atomic E-state index is 13.2. The topological polar surface area (TPSA) is 63.2 Å². The molecule has 10 heteroatoms. The van der Waals surface area contributed by atoms with Gasteiger partial charge in [0.25, 0.3) is 10.0 Å². The van der Waals surface area contributed by atoms with Crippen molar-refractivity contribution in [2.24, 2.45) is 0 Å². The number of piperidine rings is 1. The molecule has 1 aliphatic heterocycles. The molecule has 1 saturated heterocycles. The van der Waals surface area contributed by atoms with Crippen molar-refractivity contribution in [3.8, 4) is 0 Å². The van der Waals surface area contributed by atoms with E-state index in [1.807, 2.05) is 0 Å². The van der Waals surface area contributed by atoms with Crippen LogP contribution in [0.4, 0.5) is 13.2 Å². The Bertz CT molecular complexity index is 941. The summed E-state index contributed by atoms with van der Waals surface area (Å²) < 4.78 is 66.4. The predicted octanol–water partition coefficient (Wildman–Crippen LogP) is 4.00. The highest BCUT2D eigenvalue weighted by Gasteiger charge is 2.41. The number of hydrogen-bond acceptors (Lipinski definition) is 5. The molecule has 0 unspecified atom stereocenters. The van der Waals surface area contributed by atoms with Gasteiger partial charge in [0.15, 0.2) is 5.03 Å². The van der Waals surface area contributed by atoms with Crippen LogP contribution in [0.15, 0.2) is 23.4 Å². The third kappa shape index (κ3) is 3.69. The van der Waals surface area contributed by atoms with Gasteiger partial charge in [-0.25, -0.2) is 18.4 Å². The first-order chi connectivity index (χ1) is 13.3. The summed E-state index contributed by atoms with van der Waals surface area (Å²) in [5.41, 5.74) is -0.0469. The Labute approximate surface area is 165 Å². The second-order valence-electron chi connectivity index (χ2n) is 7.16. The van der Waals surface area contributed by atoms with Crippen molar-refractivity contribution >= 4 is 21.4 Å². The van der Waals surface area contributed by atoms with E-state index >= 15 is 0 Å². The van der Waals surface area contributed by atoms with E-state index in [9.17, 15) is 21.6 Å². The standard InChI is InChI=1S/C18H20F3N3O2S2/c19-18(20,21)13-4-3-9-22-17(13)28(25,26)24-10-7-12(8-11-24)16-23-14-5-1-2-6-15(14)27-16/h3-4,9,12H,1-2,5-8,10-11H2. The second kappa shape index (κ2) is 7.38. The monoisotopic (exact) mass is 431 g/mol. The van der Waals surface area contributed by atoms with Gasteiger partial charge in [-0.1, -0.05) is 0 Å². The van der Waals surface area contributed by atoms with Crippen molar-refractivity contribution in [3.05, 3.63) is 39.5 Å². The van der Waals surface area contributed by atoms with Crippen LogP contribution in [-0.4, -0.2) is 35.8 Å². The van der Waals surface area contributed by atoms with E-state index in [2.05, 4.69) is 4.98 Å². The van der Waals surface area contributed by atoms with E-state index in [1.54, 1.807) is 11.3 Å². The van der Waals surface area contributed by atoms with Gasteiger partial charge in [-0.05, 0) is 50.7 Å². The number of aromatic nitrogens is 2. The SMILES string of the molecule is O=S(=O)(c1ncccc1C(F)(F)F)N1CCC(c2nc3c(s2)CCCC3)CC1. The highest BCUT2D eigenvalue weighted by Crippen LogP contribution is 2.38. The lowest BCUT2D eigenvalue weighted by atomic mass is 9.99. The molecule has 2 aliphatic rings. The highest BCUT2D eigenvalue weighted by atomic mass is 32.2. The van der Waals surface area contributed by atoms with Crippen LogP contribution in [-0.2, 0) is 29.0 Å². The highest BCUT2D eigenvalue weighted by molar-refractivity contribution is 7.89. The molecule has 0 radical (unpaired) electrons. The van der Waals surface area contributed by atoms with Crippen LogP contribution in [0.2, 0.25) is 0 Å². The predicted molar refractivity (Wildman–Crippen MR) is 98.7 cm³/mol. The zero-order chi connectivity index (χ0) is 19.9. The molecule has 28 heavy (non-hydrogen) atoms. The normalized spacial score (nSPS) is 19.5. The number of pyridine rings is 1. The molecule has 4 rings (SSSR count). The summed E-state index contributed by atoms with van der Waals surface area (Å²) in [6.07, 6.45) is 1.80. The molecule has 0 spiro atoms. The molecule has 2 aromatic heterocycles. The summed E-state index contributed by atoms with van der Waals surface area (Å²) in [7, 11) is -4.30. The molecule has 3 heterocycles. The minimum atomic E-state index is -4.77. The fourth-order valence-electron chi connectivity index (χ4n) is 3.82. The van der Waals surface area contributed by atoms with Gasteiger partial charge < -0.3 is 0 Å². The number of rotatable bonds is 3. The Balaban J connectivity index is 1.51. The maximum atomic E-state index is 13.2. The molecule has 5 nitrogen and oxygen atoms in total. The van der Waals surface area contributed by atoms with Crippen molar-refractivity contribution in [2.75, 3.05) is 13.1 Å². The van der Waals surface area contributed by atoms with Crippen molar-refractivity contribution in [1.82, 2.24) is 14.3 Å². The molecule has 2 aromatic rings. The Kier molecular flexibility index (Phi) is 5.22. The van der Waals surface area contributed by atoms with Gasteiger partial charge in [0.2, 0.25) is 0 Å². The average molecular weight is 432 g/mol. The first-order valence-corrected chi connectivity index (χ1v) is 11.5. The van der Waals surface area contributed by atoms with E-state index in [0.717, 1.165) is 46.9 Å². The van der Waals surface area contributed by atoms with E-state index in [0.29, 0.717) is 12.8 Å². The summed E-state index contributed by atoms with van der Waals surface area (Å²) in [4.78, 5) is 9.64. The van der Waals surface area contributed by atoms with Crippen LogP contribution in [0.3, 0.4) is 0 Å². The van der Waals surface area contributed by atoms with Crippen molar-refractivity contribution in [1.29, 1.82) is 0 Å². The van der Waals surface area contributed by atoms with E-state index in [4.69, 9.17) is 4.98 Å². The Morgan fingerprint density at radius 2 is 1.86 bits per heavy atom. The lowest BCUT2D eigenvalue weighted by Gasteiger charge is -2.30. The molecule has 0 N–H and O–H groups in total. The lowest BCUT2D eigenvalue weighted by molar-refractivity contribution is -0.140.